The summed E-state index contributed by atoms with van der Waals surface area (Å²) < 4.78 is 11.0. The van der Waals surface area contributed by atoms with E-state index in [0.717, 1.165) is 16.9 Å². The first-order valence-corrected chi connectivity index (χ1v) is 8.35. The molecule has 0 aliphatic carbocycles. The monoisotopic (exact) mass is 339 g/mol. The van der Waals surface area contributed by atoms with Gasteiger partial charge in [-0.25, -0.2) is 0 Å². The highest BCUT2D eigenvalue weighted by Crippen LogP contribution is 2.36. The number of fused-ring (bicyclic) bond motifs is 1. The van der Waals surface area contributed by atoms with Crippen LogP contribution in [0.5, 0.6) is 5.75 Å². The standard InChI is InChI=1S/C20H25N3O2/c1-20(2,14-9-6-5-7-10-14)13-23-18(21)17-15(19(22-23)25-4)11-8-12-16(17)24-3/h5-12,18H,13,21H2,1-4H3. The third kappa shape index (κ3) is 3.20. The van der Waals surface area contributed by atoms with E-state index in [2.05, 4.69) is 43.2 Å². The first-order valence-electron chi connectivity index (χ1n) is 8.35. The van der Waals surface area contributed by atoms with E-state index in [9.17, 15) is 0 Å². The van der Waals surface area contributed by atoms with Gasteiger partial charge in [-0.15, -0.1) is 5.10 Å². The van der Waals surface area contributed by atoms with Crippen LogP contribution in [-0.2, 0) is 10.2 Å². The molecule has 1 heterocycles. The molecule has 3 rings (SSSR count). The number of hydrogen-bond donors (Lipinski definition) is 1. The van der Waals surface area contributed by atoms with E-state index < -0.39 is 6.17 Å². The van der Waals surface area contributed by atoms with Gasteiger partial charge in [0.1, 0.15) is 11.9 Å². The van der Waals surface area contributed by atoms with Gasteiger partial charge in [-0.05, 0) is 17.7 Å². The van der Waals surface area contributed by atoms with Crippen molar-refractivity contribution in [2.45, 2.75) is 25.4 Å². The molecule has 1 aliphatic heterocycles. The minimum Gasteiger partial charge on any atom is -0.496 e. The van der Waals surface area contributed by atoms with Crippen molar-refractivity contribution in [1.82, 2.24) is 5.01 Å². The van der Waals surface area contributed by atoms with Crippen LogP contribution in [0.15, 0.2) is 53.6 Å². The van der Waals surface area contributed by atoms with Crippen molar-refractivity contribution in [3.63, 3.8) is 0 Å². The van der Waals surface area contributed by atoms with E-state index in [-0.39, 0.29) is 5.41 Å². The van der Waals surface area contributed by atoms with E-state index in [1.165, 1.54) is 5.56 Å². The van der Waals surface area contributed by atoms with Gasteiger partial charge in [0.15, 0.2) is 0 Å². The first kappa shape index (κ1) is 17.3. The smallest absolute Gasteiger partial charge is 0.238 e. The Bertz CT molecular complexity index is 772. The summed E-state index contributed by atoms with van der Waals surface area (Å²) in [6.07, 6.45) is -0.395. The number of nitrogens with two attached hydrogens (primary N) is 1. The molecule has 132 valence electrons. The molecule has 0 bridgehead atoms. The summed E-state index contributed by atoms with van der Waals surface area (Å²) >= 11 is 0. The van der Waals surface area contributed by atoms with Crippen molar-refractivity contribution in [2.75, 3.05) is 20.8 Å². The molecule has 1 aliphatic rings. The average Bonchev–Trinajstić information content (AvgIpc) is 2.64. The second kappa shape index (κ2) is 6.76. The molecule has 2 aromatic carbocycles. The SMILES string of the molecule is COC1=NN(CC(C)(C)c2ccccc2)C(N)c2c(OC)cccc21. The molecule has 5 nitrogen and oxygen atoms in total. The maximum Gasteiger partial charge on any atom is 0.238 e. The molecule has 0 saturated heterocycles. The summed E-state index contributed by atoms with van der Waals surface area (Å²) in [4.78, 5) is 0. The highest BCUT2D eigenvalue weighted by molar-refractivity contribution is 5.97. The fourth-order valence-electron chi connectivity index (χ4n) is 3.27. The van der Waals surface area contributed by atoms with Crippen LogP contribution in [0.1, 0.15) is 36.7 Å². The second-order valence-electron chi connectivity index (χ2n) is 6.82. The maximum atomic E-state index is 6.55. The van der Waals surface area contributed by atoms with Gasteiger partial charge >= 0.3 is 0 Å². The van der Waals surface area contributed by atoms with Crippen LogP contribution in [0.4, 0.5) is 0 Å². The number of nitrogens with zero attached hydrogens (tertiary/aromatic N) is 2. The van der Waals surface area contributed by atoms with Gasteiger partial charge in [0.2, 0.25) is 5.90 Å². The van der Waals surface area contributed by atoms with Crippen molar-refractivity contribution in [3.05, 3.63) is 65.2 Å². The van der Waals surface area contributed by atoms with E-state index in [0.29, 0.717) is 12.4 Å². The normalized spacial score (nSPS) is 16.9. The average molecular weight is 339 g/mol. The van der Waals surface area contributed by atoms with Crippen molar-refractivity contribution < 1.29 is 9.47 Å². The predicted octanol–water partition coefficient (Wildman–Crippen LogP) is 3.25. The molecule has 25 heavy (non-hydrogen) atoms. The molecule has 0 saturated carbocycles. The lowest BCUT2D eigenvalue weighted by atomic mass is 9.84. The molecular weight excluding hydrogens is 314 g/mol. The lowest BCUT2D eigenvalue weighted by Crippen LogP contribution is -2.43. The van der Waals surface area contributed by atoms with Crippen molar-refractivity contribution in [1.29, 1.82) is 0 Å². The number of methoxy groups -OCH3 is 2. The summed E-state index contributed by atoms with van der Waals surface area (Å²) in [6, 6.07) is 16.2. The van der Waals surface area contributed by atoms with Crippen molar-refractivity contribution in [3.8, 4) is 5.75 Å². The lowest BCUT2D eigenvalue weighted by Gasteiger charge is -2.38. The number of benzene rings is 2. The first-order chi connectivity index (χ1) is 12.0. The summed E-state index contributed by atoms with van der Waals surface area (Å²) in [6.45, 7) is 5.03. The van der Waals surface area contributed by atoms with Gasteiger partial charge < -0.3 is 15.2 Å². The van der Waals surface area contributed by atoms with E-state index in [1.54, 1.807) is 14.2 Å². The molecule has 0 amide bonds. The molecule has 5 heteroatoms. The van der Waals surface area contributed by atoms with Crippen LogP contribution in [0.2, 0.25) is 0 Å². The van der Waals surface area contributed by atoms with Crippen LogP contribution in [0.25, 0.3) is 0 Å². The Kier molecular flexibility index (Phi) is 4.68. The van der Waals surface area contributed by atoms with Crippen LogP contribution in [-0.4, -0.2) is 31.7 Å². The topological polar surface area (TPSA) is 60.1 Å². The minimum absolute atomic E-state index is 0.124. The molecule has 0 spiro atoms. The molecule has 0 radical (unpaired) electrons. The molecule has 2 N–H and O–H groups in total. The fraction of sp³-hybridized carbons (Fsp3) is 0.350. The number of hydrazone groups is 1. The molecule has 2 aromatic rings. The van der Waals surface area contributed by atoms with Gasteiger partial charge in [-0.1, -0.05) is 50.2 Å². The Morgan fingerprint density at radius 3 is 2.40 bits per heavy atom. The van der Waals surface area contributed by atoms with Crippen LogP contribution >= 0.6 is 0 Å². The van der Waals surface area contributed by atoms with Gasteiger partial charge in [0, 0.05) is 23.1 Å². The summed E-state index contributed by atoms with van der Waals surface area (Å²) in [5.74, 6) is 1.30. The predicted molar refractivity (Wildman–Crippen MR) is 99.6 cm³/mol. The zero-order chi connectivity index (χ0) is 18.0. The Morgan fingerprint density at radius 2 is 1.76 bits per heavy atom. The Labute approximate surface area is 149 Å². The number of hydrogen-bond acceptors (Lipinski definition) is 5. The van der Waals surface area contributed by atoms with E-state index >= 15 is 0 Å². The molecule has 1 unspecified atom stereocenters. The lowest BCUT2D eigenvalue weighted by molar-refractivity contribution is 0.156. The molecule has 0 fully saturated rings. The van der Waals surface area contributed by atoms with Crippen LogP contribution < -0.4 is 10.5 Å². The summed E-state index contributed by atoms with van der Waals surface area (Å²) in [5, 5.41) is 6.54. The summed E-state index contributed by atoms with van der Waals surface area (Å²) in [7, 11) is 3.28. The van der Waals surface area contributed by atoms with Gasteiger partial charge in [0.05, 0.1) is 14.2 Å². The van der Waals surface area contributed by atoms with E-state index in [4.69, 9.17) is 15.2 Å². The molecule has 0 aromatic heterocycles. The third-order valence-electron chi connectivity index (χ3n) is 4.66. The van der Waals surface area contributed by atoms with Crippen molar-refractivity contribution >= 4 is 5.90 Å². The van der Waals surface area contributed by atoms with Gasteiger partial charge in [-0.2, -0.15) is 0 Å². The van der Waals surface area contributed by atoms with Gasteiger partial charge in [-0.3, -0.25) is 5.01 Å². The van der Waals surface area contributed by atoms with E-state index in [1.807, 2.05) is 29.3 Å². The Morgan fingerprint density at radius 1 is 1.04 bits per heavy atom. The Balaban J connectivity index is 1.98. The fourth-order valence-corrected chi connectivity index (χ4v) is 3.27. The summed E-state index contributed by atoms with van der Waals surface area (Å²) in [5.41, 5.74) is 9.45. The second-order valence-corrected chi connectivity index (χ2v) is 6.82. The zero-order valence-corrected chi connectivity index (χ0v) is 15.2. The third-order valence-corrected chi connectivity index (χ3v) is 4.66. The quantitative estimate of drug-likeness (QED) is 0.929. The Hall–Kier alpha value is -2.53. The molecule has 1 atom stereocenters. The highest BCUT2D eigenvalue weighted by atomic mass is 16.5. The largest absolute Gasteiger partial charge is 0.496 e. The van der Waals surface area contributed by atoms with Crippen LogP contribution in [0, 0.1) is 0 Å². The zero-order valence-electron chi connectivity index (χ0n) is 15.2. The van der Waals surface area contributed by atoms with Crippen LogP contribution in [0.3, 0.4) is 0 Å². The maximum absolute atomic E-state index is 6.55. The number of ether oxygens (including phenoxy) is 2. The van der Waals surface area contributed by atoms with Gasteiger partial charge in [0.25, 0.3) is 0 Å². The molecular formula is C20H25N3O2. The highest BCUT2D eigenvalue weighted by Gasteiger charge is 2.33. The number of rotatable bonds is 4. The van der Waals surface area contributed by atoms with Crippen molar-refractivity contribution in [2.24, 2.45) is 10.8 Å². The minimum atomic E-state index is -0.395.